The molecule has 14 heteroatoms. The predicted molar refractivity (Wildman–Crippen MR) is 80.3 cm³/mol. The van der Waals surface area contributed by atoms with E-state index in [-0.39, 0.29) is 36.7 Å². The van der Waals surface area contributed by atoms with Gasteiger partial charge in [0, 0.05) is 12.8 Å². The molecular weight excluding hydrogens is 391 g/mol. The smallest absolute Gasteiger partial charge is 0.338 e. The van der Waals surface area contributed by atoms with Crippen molar-refractivity contribution in [2.24, 2.45) is 22.9 Å². The number of rotatable bonds is 10. The van der Waals surface area contributed by atoms with Crippen LogP contribution in [0.25, 0.3) is 0 Å². The molecule has 0 saturated heterocycles. The van der Waals surface area contributed by atoms with Crippen LogP contribution >= 0.6 is 0 Å². The Morgan fingerprint density at radius 1 is 0.769 bits per heavy atom. The Bertz CT molecular complexity index is 403. The van der Waals surface area contributed by atoms with Crippen LogP contribution in [0.15, 0.2) is 0 Å². The Kier molecular flexibility index (Phi) is 23.6. The average Bonchev–Trinajstić information content (AvgIpc) is 2.47. The van der Waals surface area contributed by atoms with Crippen LogP contribution in [-0.4, -0.2) is 49.0 Å². The van der Waals surface area contributed by atoms with Crippen molar-refractivity contribution in [2.75, 3.05) is 13.1 Å². The lowest BCUT2D eigenvalue weighted by molar-refractivity contribution is -0.467. The van der Waals surface area contributed by atoms with Crippen LogP contribution in [0.3, 0.4) is 0 Å². The summed E-state index contributed by atoms with van der Waals surface area (Å²) < 4.78 is 0. The summed E-state index contributed by atoms with van der Waals surface area (Å²) >= 11 is 0. The summed E-state index contributed by atoms with van der Waals surface area (Å²) in [6.45, 7) is 1.11. The number of quaternary nitrogens is 2. The van der Waals surface area contributed by atoms with Gasteiger partial charge >= 0.3 is 11.9 Å². The molecular formula is C12H30Cl2N8O4. The fourth-order valence-corrected chi connectivity index (χ4v) is 1.40. The van der Waals surface area contributed by atoms with Crippen LogP contribution in [0.2, 0.25) is 0 Å². The van der Waals surface area contributed by atoms with Gasteiger partial charge in [0.05, 0.1) is 25.0 Å². The molecule has 0 heterocycles. The van der Waals surface area contributed by atoms with Crippen molar-refractivity contribution in [1.29, 1.82) is 0 Å². The molecule has 12 nitrogen and oxygen atoms in total. The van der Waals surface area contributed by atoms with E-state index in [1.165, 1.54) is 0 Å². The fraction of sp³-hybridized carbons (Fsp3) is 0.667. The number of carbonyl (C=O) groups excluding carboxylic acids is 2. The number of carboxylic acid groups (broad SMARTS) is 2. The number of hydrogen-bond acceptors (Lipinski definition) is 4. The second-order valence-electron chi connectivity index (χ2n) is 5.08. The number of carboxylic acids is 2. The molecule has 156 valence electrons. The van der Waals surface area contributed by atoms with E-state index in [0.29, 0.717) is 38.8 Å². The number of carbonyl (C=O) groups is 2. The summed E-state index contributed by atoms with van der Waals surface area (Å²) in [5.74, 6) is -1.97. The lowest BCUT2D eigenvalue weighted by Crippen LogP contribution is -3.00. The highest BCUT2D eigenvalue weighted by atomic mass is 35.5. The molecule has 0 aliphatic heterocycles. The third-order valence-corrected chi connectivity index (χ3v) is 2.78. The number of hydrogen-bond donors (Lipinski definition) is 8. The van der Waals surface area contributed by atoms with Crippen molar-refractivity contribution in [3.05, 3.63) is 0 Å². The lowest BCUT2D eigenvalue weighted by Gasteiger charge is -2.06. The van der Waals surface area contributed by atoms with E-state index >= 15 is 0 Å². The fourth-order valence-electron chi connectivity index (χ4n) is 1.40. The van der Waals surface area contributed by atoms with Crippen molar-refractivity contribution in [2.45, 2.75) is 37.8 Å². The molecule has 0 fully saturated rings. The quantitative estimate of drug-likeness (QED) is 0.0950. The van der Waals surface area contributed by atoms with Gasteiger partial charge in [-0.05, 0) is 12.8 Å². The Labute approximate surface area is 164 Å². The van der Waals surface area contributed by atoms with Gasteiger partial charge in [-0.2, -0.15) is 0 Å². The Morgan fingerprint density at radius 2 is 1.04 bits per heavy atom. The highest BCUT2D eigenvalue weighted by Crippen LogP contribution is 1.87. The minimum atomic E-state index is -1.13. The number of guanidine groups is 2. The van der Waals surface area contributed by atoms with Gasteiger partial charge < -0.3 is 56.1 Å². The van der Waals surface area contributed by atoms with E-state index in [1.54, 1.807) is 0 Å². The van der Waals surface area contributed by atoms with E-state index in [0.717, 1.165) is 0 Å². The summed E-state index contributed by atoms with van der Waals surface area (Å²) in [7, 11) is 0. The third kappa shape index (κ3) is 24.2. The maximum atomic E-state index is 10.2. The molecule has 0 unspecified atom stereocenters. The van der Waals surface area contributed by atoms with Crippen LogP contribution in [0.1, 0.15) is 25.7 Å². The Balaban J connectivity index is -0.000000173. The first-order chi connectivity index (χ1) is 11.1. The van der Waals surface area contributed by atoms with Gasteiger partial charge in [-0.1, -0.05) is 0 Å². The van der Waals surface area contributed by atoms with Crippen LogP contribution < -0.4 is 79.4 Å². The molecule has 0 amide bonds. The van der Waals surface area contributed by atoms with Gasteiger partial charge in [0.1, 0.15) is 12.1 Å². The summed E-state index contributed by atoms with van der Waals surface area (Å²) in [5, 5.41) is 20.4. The summed E-state index contributed by atoms with van der Waals surface area (Å²) in [5.41, 5.74) is 27.2. The van der Waals surface area contributed by atoms with Crippen molar-refractivity contribution in [3.8, 4) is 0 Å². The van der Waals surface area contributed by atoms with Gasteiger partial charge in [0.15, 0.2) is 0 Å². The van der Waals surface area contributed by atoms with E-state index in [1.807, 2.05) is 0 Å². The molecule has 0 saturated carbocycles. The zero-order chi connectivity index (χ0) is 19.1. The van der Waals surface area contributed by atoms with E-state index in [4.69, 9.17) is 22.9 Å². The average molecular weight is 421 g/mol. The van der Waals surface area contributed by atoms with E-state index < -0.39 is 24.0 Å². The third-order valence-electron chi connectivity index (χ3n) is 2.78. The van der Waals surface area contributed by atoms with Crippen LogP contribution in [0.5, 0.6) is 0 Å². The maximum Gasteiger partial charge on any atom is 0.338 e. The molecule has 0 aromatic carbocycles. The minimum Gasteiger partial charge on any atom is -1.00 e. The first-order valence-corrected chi connectivity index (χ1v) is 7.39. The Hall–Kier alpha value is -2.02. The second kappa shape index (κ2) is 19.3. The molecule has 26 heavy (non-hydrogen) atoms. The molecule has 0 aliphatic carbocycles. The summed E-state index contributed by atoms with van der Waals surface area (Å²) in [6, 6.07) is -1.32. The van der Waals surface area contributed by atoms with E-state index in [2.05, 4.69) is 21.5 Å². The molecule has 0 aromatic rings. The normalized spacial score (nSPS) is 11.2. The molecule has 0 aliphatic rings. The highest BCUT2D eigenvalue weighted by Gasteiger charge is 2.06. The molecule has 2 atom stereocenters. The van der Waals surface area contributed by atoms with Gasteiger partial charge in [-0.25, -0.2) is 0 Å². The molecule has 0 bridgehead atoms. The minimum absolute atomic E-state index is 0. The first kappa shape index (κ1) is 31.7. The number of nitrogens with one attached hydrogen (secondary N) is 2. The lowest BCUT2D eigenvalue weighted by atomic mass is 10.2. The Morgan fingerprint density at radius 3 is 1.23 bits per heavy atom. The predicted octanol–water partition coefficient (Wildman–Crippen LogP) is -17.0. The zero-order valence-corrected chi connectivity index (χ0v) is 16.0. The van der Waals surface area contributed by atoms with Gasteiger partial charge in [0.25, 0.3) is 0 Å². The summed E-state index contributed by atoms with van der Waals surface area (Å²) in [4.78, 5) is 25.7. The molecule has 0 aromatic heterocycles. The van der Waals surface area contributed by atoms with Crippen molar-refractivity contribution >= 4 is 23.9 Å². The van der Waals surface area contributed by atoms with E-state index in [9.17, 15) is 19.8 Å². The second-order valence-corrected chi connectivity index (χ2v) is 5.08. The van der Waals surface area contributed by atoms with Gasteiger partial charge in [0.2, 0.25) is 0 Å². The van der Waals surface area contributed by atoms with Crippen LogP contribution in [0.4, 0.5) is 0 Å². The molecule has 0 rings (SSSR count). The SMILES string of the molecule is NC(N)=[NH+]CCC[C@H]([NH3+])C(=O)[O-].NC(N)=[NH+]CCC[C@H]([NH3+])C(=O)[O-].[Cl-].[Cl-]. The summed E-state index contributed by atoms with van der Waals surface area (Å²) in [6.07, 6.45) is 2.23. The maximum absolute atomic E-state index is 10.2. The van der Waals surface area contributed by atoms with Gasteiger partial charge in [-0.15, -0.1) is 0 Å². The van der Waals surface area contributed by atoms with Gasteiger partial charge in [-0.3, -0.25) is 32.9 Å². The standard InChI is InChI=1S/2C6H14N4O2.2ClH/c2*7-4(5(11)12)2-1-3-10-6(8)9;;/h2*4H,1-3,7H2,(H,11,12)(H4,8,9,10);2*1H/t2*4-;;/m00../s1. The molecule has 0 spiro atoms. The number of aliphatic carboxylic acids is 2. The molecule has 0 radical (unpaired) electrons. The van der Waals surface area contributed by atoms with Crippen molar-refractivity contribution < 1.29 is 66.1 Å². The van der Waals surface area contributed by atoms with Crippen molar-refractivity contribution in [3.63, 3.8) is 0 Å². The first-order valence-electron chi connectivity index (χ1n) is 7.39. The molecule has 16 N–H and O–H groups in total. The largest absolute Gasteiger partial charge is 1.00 e. The van der Waals surface area contributed by atoms with Crippen LogP contribution in [0, 0.1) is 0 Å². The topological polar surface area (TPSA) is 268 Å². The monoisotopic (exact) mass is 420 g/mol. The number of nitrogens with two attached hydrogens (primary N) is 4. The highest BCUT2D eigenvalue weighted by molar-refractivity contribution is 5.70. The van der Waals surface area contributed by atoms with Crippen LogP contribution in [-0.2, 0) is 9.59 Å². The zero-order valence-electron chi connectivity index (χ0n) is 14.5. The van der Waals surface area contributed by atoms with Crippen molar-refractivity contribution in [1.82, 2.24) is 0 Å². The number of halogens is 2.